The van der Waals surface area contributed by atoms with Crippen LogP contribution in [0.1, 0.15) is 18.1 Å². The zero-order chi connectivity index (χ0) is 9.84. The molecule has 0 aliphatic rings. The molecule has 13 heavy (non-hydrogen) atoms. The van der Waals surface area contributed by atoms with Crippen LogP contribution in [0.5, 0.6) is 0 Å². The fraction of sp³-hybridized carbons (Fsp3) is 0.333. The predicted octanol–water partition coefficient (Wildman–Crippen LogP) is 2.44. The third-order valence-corrected chi connectivity index (χ3v) is 2.33. The smallest absolute Gasteiger partial charge is 0.0289 e. The first-order valence-corrected chi connectivity index (χ1v) is 4.56. The molecule has 2 N–H and O–H groups in total. The van der Waals surface area contributed by atoms with E-state index in [9.17, 15) is 0 Å². The minimum Gasteiger partial charge on any atom is -0.324 e. The molecular weight excluding hydrogens is 158 g/mol. The highest BCUT2D eigenvalue weighted by atomic mass is 14.6. The van der Waals surface area contributed by atoms with E-state index in [0.29, 0.717) is 0 Å². The van der Waals surface area contributed by atoms with Crippen LogP contribution in [-0.2, 0) is 6.42 Å². The molecule has 1 rings (SSSR count). The Morgan fingerprint density at radius 1 is 1.46 bits per heavy atom. The molecular formula is C12H17N. The summed E-state index contributed by atoms with van der Waals surface area (Å²) in [5.41, 5.74) is 9.58. The summed E-state index contributed by atoms with van der Waals surface area (Å²) in [7, 11) is 0. The molecule has 0 heterocycles. The lowest BCUT2D eigenvalue weighted by Crippen LogP contribution is -2.23. The van der Waals surface area contributed by atoms with Crippen molar-refractivity contribution in [2.75, 3.05) is 0 Å². The molecule has 0 aliphatic carbocycles. The highest BCUT2D eigenvalue weighted by Crippen LogP contribution is 2.11. The zero-order valence-electron chi connectivity index (χ0n) is 8.38. The van der Waals surface area contributed by atoms with E-state index in [4.69, 9.17) is 5.73 Å². The molecule has 1 aromatic carbocycles. The van der Waals surface area contributed by atoms with Gasteiger partial charge in [0, 0.05) is 6.04 Å². The predicted molar refractivity (Wildman–Crippen MR) is 57.7 cm³/mol. The van der Waals surface area contributed by atoms with E-state index in [1.807, 2.05) is 19.1 Å². The van der Waals surface area contributed by atoms with Gasteiger partial charge in [0.1, 0.15) is 0 Å². The van der Waals surface area contributed by atoms with Crippen LogP contribution in [-0.4, -0.2) is 6.04 Å². The summed E-state index contributed by atoms with van der Waals surface area (Å²) in [5, 5.41) is 0. The molecule has 1 heteroatoms. The van der Waals surface area contributed by atoms with E-state index in [2.05, 4.69) is 25.6 Å². The van der Waals surface area contributed by atoms with E-state index in [-0.39, 0.29) is 6.04 Å². The van der Waals surface area contributed by atoms with Crippen LogP contribution in [0.25, 0.3) is 0 Å². The Labute approximate surface area is 80.3 Å². The number of rotatable bonds is 3. The maximum absolute atomic E-state index is 5.92. The van der Waals surface area contributed by atoms with E-state index >= 15 is 0 Å². The number of hydrogen-bond donors (Lipinski definition) is 1. The second-order valence-electron chi connectivity index (χ2n) is 3.58. The van der Waals surface area contributed by atoms with Crippen molar-refractivity contribution in [3.63, 3.8) is 0 Å². The van der Waals surface area contributed by atoms with Gasteiger partial charge >= 0.3 is 0 Å². The first-order valence-electron chi connectivity index (χ1n) is 4.56. The highest BCUT2D eigenvalue weighted by molar-refractivity contribution is 5.27. The molecule has 0 fully saturated rings. The van der Waals surface area contributed by atoms with Crippen molar-refractivity contribution in [1.82, 2.24) is 0 Å². The Hall–Kier alpha value is -1.08. The van der Waals surface area contributed by atoms with Crippen molar-refractivity contribution in [3.05, 3.63) is 47.5 Å². The molecule has 0 saturated carbocycles. The summed E-state index contributed by atoms with van der Waals surface area (Å²) in [4.78, 5) is 0. The van der Waals surface area contributed by atoms with Gasteiger partial charge in [-0.1, -0.05) is 36.4 Å². The van der Waals surface area contributed by atoms with Crippen LogP contribution in [0.3, 0.4) is 0 Å². The fourth-order valence-corrected chi connectivity index (χ4v) is 1.25. The average molecular weight is 175 g/mol. The molecule has 0 radical (unpaired) electrons. The van der Waals surface area contributed by atoms with Crippen molar-refractivity contribution in [2.45, 2.75) is 26.3 Å². The Kier molecular flexibility index (Phi) is 3.26. The van der Waals surface area contributed by atoms with Crippen LogP contribution < -0.4 is 5.73 Å². The third kappa shape index (κ3) is 2.71. The summed E-state index contributed by atoms with van der Waals surface area (Å²) >= 11 is 0. The Bertz CT molecular complexity index is 302. The van der Waals surface area contributed by atoms with E-state index in [1.54, 1.807) is 0 Å². The van der Waals surface area contributed by atoms with Gasteiger partial charge in [-0.3, -0.25) is 0 Å². The summed E-state index contributed by atoms with van der Waals surface area (Å²) in [6.07, 6.45) is 0.891. The van der Waals surface area contributed by atoms with Crippen molar-refractivity contribution >= 4 is 0 Å². The quantitative estimate of drug-likeness (QED) is 0.701. The molecule has 0 saturated heterocycles. The lowest BCUT2D eigenvalue weighted by Gasteiger charge is -2.12. The van der Waals surface area contributed by atoms with E-state index in [1.165, 1.54) is 11.1 Å². The monoisotopic (exact) mass is 175 g/mol. The molecule has 1 aromatic rings. The highest BCUT2D eigenvalue weighted by Gasteiger charge is 2.05. The average Bonchev–Trinajstić information content (AvgIpc) is 2.08. The minimum atomic E-state index is 0.0844. The van der Waals surface area contributed by atoms with Crippen LogP contribution in [0.4, 0.5) is 0 Å². The van der Waals surface area contributed by atoms with Gasteiger partial charge in [0.05, 0.1) is 0 Å². The largest absolute Gasteiger partial charge is 0.324 e. The Morgan fingerprint density at radius 3 is 2.62 bits per heavy atom. The van der Waals surface area contributed by atoms with Crippen LogP contribution in [0.15, 0.2) is 36.4 Å². The molecule has 0 amide bonds. The van der Waals surface area contributed by atoms with Gasteiger partial charge in [-0.05, 0) is 31.4 Å². The summed E-state index contributed by atoms with van der Waals surface area (Å²) in [6, 6.07) is 8.41. The van der Waals surface area contributed by atoms with Crippen LogP contribution in [0, 0.1) is 6.92 Å². The Morgan fingerprint density at radius 2 is 2.08 bits per heavy atom. The molecule has 1 unspecified atom stereocenters. The molecule has 70 valence electrons. The SMILES string of the molecule is C=C(C)C(N)Cc1ccccc1C. The topological polar surface area (TPSA) is 26.0 Å². The van der Waals surface area contributed by atoms with Crippen LogP contribution >= 0.6 is 0 Å². The van der Waals surface area contributed by atoms with Crippen molar-refractivity contribution in [2.24, 2.45) is 5.73 Å². The first-order chi connectivity index (χ1) is 6.11. The molecule has 0 spiro atoms. The van der Waals surface area contributed by atoms with Gasteiger partial charge in [-0.15, -0.1) is 0 Å². The second kappa shape index (κ2) is 4.24. The number of nitrogens with two attached hydrogens (primary N) is 1. The van der Waals surface area contributed by atoms with Gasteiger partial charge in [0.25, 0.3) is 0 Å². The fourth-order valence-electron chi connectivity index (χ4n) is 1.25. The first kappa shape index (κ1) is 10.0. The maximum atomic E-state index is 5.92. The van der Waals surface area contributed by atoms with E-state index < -0.39 is 0 Å². The third-order valence-electron chi connectivity index (χ3n) is 2.33. The number of benzene rings is 1. The van der Waals surface area contributed by atoms with Gasteiger partial charge in [0.15, 0.2) is 0 Å². The van der Waals surface area contributed by atoms with Crippen LogP contribution in [0.2, 0.25) is 0 Å². The van der Waals surface area contributed by atoms with Gasteiger partial charge in [0.2, 0.25) is 0 Å². The van der Waals surface area contributed by atoms with Gasteiger partial charge in [-0.25, -0.2) is 0 Å². The second-order valence-corrected chi connectivity index (χ2v) is 3.58. The lowest BCUT2D eigenvalue weighted by molar-refractivity contribution is 0.763. The van der Waals surface area contributed by atoms with Crippen molar-refractivity contribution < 1.29 is 0 Å². The van der Waals surface area contributed by atoms with Crippen molar-refractivity contribution in [1.29, 1.82) is 0 Å². The molecule has 1 atom stereocenters. The summed E-state index contributed by atoms with van der Waals surface area (Å²) in [6.45, 7) is 7.94. The molecule has 0 bridgehead atoms. The van der Waals surface area contributed by atoms with Gasteiger partial charge < -0.3 is 5.73 Å². The lowest BCUT2D eigenvalue weighted by atomic mass is 9.98. The number of aryl methyl sites for hydroxylation is 1. The zero-order valence-corrected chi connectivity index (χ0v) is 8.38. The van der Waals surface area contributed by atoms with E-state index in [0.717, 1.165) is 12.0 Å². The Balaban J connectivity index is 2.74. The maximum Gasteiger partial charge on any atom is 0.0289 e. The molecule has 0 aliphatic heterocycles. The number of hydrogen-bond acceptors (Lipinski definition) is 1. The minimum absolute atomic E-state index is 0.0844. The summed E-state index contributed by atoms with van der Waals surface area (Å²) in [5.74, 6) is 0. The molecule has 1 nitrogen and oxygen atoms in total. The van der Waals surface area contributed by atoms with Gasteiger partial charge in [-0.2, -0.15) is 0 Å². The standard InChI is InChI=1S/C12H17N/c1-9(2)12(13)8-11-7-5-4-6-10(11)3/h4-7,12H,1,8,13H2,2-3H3. The normalized spacial score (nSPS) is 12.5. The summed E-state index contributed by atoms with van der Waals surface area (Å²) < 4.78 is 0. The van der Waals surface area contributed by atoms with Crippen molar-refractivity contribution in [3.8, 4) is 0 Å². The molecule has 0 aromatic heterocycles.